The molecule has 4 nitrogen and oxygen atoms in total. The molecule has 0 radical (unpaired) electrons. The number of hydrogen-bond donors (Lipinski definition) is 1. The van der Waals surface area contributed by atoms with Gasteiger partial charge in [0.25, 0.3) is 10.0 Å². The van der Waals surface area contributed by atoms with Gasteiger partial charge >= 0.3 is 0 Å². The zero-order chi connectivity index (χ0) is 17.5. The van der Waals surface area contributed by atoms with E-state index in [1.54, 1.807) is 12.1 Å². The Morgan fingerprint density at radius 3 is 2.29 bits per heavy atom. The zero-order valence-corrected chi connectivity index (χ0v) is 15.9. The van der Waals surface area contributed by atoms with Crippen LogP contribution in [-0.2, 0) is 15.4 Å². The van der Waals surface area contributed by atoms with Crippen LogP contribution in [0.4, 0.5) is 0 Å². The first-order valence-corrected chi connectivity index (χ1v) is 10.3. The van der Waals surface area contributed by atoms with Crippen LogP contribution in [0.5, 0.6) is 0 Å². The maximum absolute atomic E-state index is 12.5. The van der Waals surface area contributed by atoms with Crippen LogP contribution in [0.1, 0.15) is 58.9 Å². The molecule has 0 aliphatic heterocycles. The summed E-state index contributed by atoms with van der Waals surface area (Å²) in [4.78, 5) is 2.69. The molecule has 0 amide bonds. The summed E-state index contributed by atoms with van der Waals surface area (Å²) in [5, 5.41) is 4.22. The summed E-state index contributed by atoms with van der Waals surface area (Å²) in [5.74, 6) is 1.98. The highest BCUT2D eigenvalue weighted by atomic mass is 32.2. The molecule has 0 heterocycles. The number of hydrogen-bond acceptors (Lipinski definition) is 3. The van der Waals surface area contributed by atoms with E-state index >= 15 is 0 Å². The fourth-order valence-electron chi connectivity index (χ4n) is 4.16. The van der Waals surface area contributed by atoms with Crippen molar-refractivity contribution < 1.29 is 8.42 Å². The molecule has 0 saturated heterocycles. The topological polar surface area (TPSA) is 58.5 Å². The number of rotatable bonds is 4. The van der Waals surface area contributed by atoms with Gasteiger partial charge in [-0.3, -0.25) is 0 Å². The van der Waals surface area contributed by atoms with E-state index in [2.05, 4.69) is 30.7 Å². The monoisotopic (exact) mass is 348 g/mol. The molecule has 2 aliphatic carbocycles. The van der Waals surface area contributed by atoms with Gasteiger partial charge in [0.05, 0.1) is 4.90 Å². The molecule has 2 aliphatic rings. The van der Waals surface area contributed by atoms with Gasteiger partial charge in [0.15, 0.2) is 0 Å². The molecule has 3 rings (SSSR count). The van der Waals surface area contributed by atoms with E-state index in [-0.39, 0.29) is 10.3 Å². The molecule has 2 fully saturated rings. The number of fused-ring (bicyclic) bond motifs is 2. The summed E-state index contributed by atoms with van der Waals surface area (Å²) in [5.41, 5.74) is 2.05. The van der Waals surface area contributed by atoms with Crippen molar-refractivity contribution in [3.63, 3.8) is 0 Å². The molecule has 1 N–H and O–H groups in total. The Bertz CT molecular complexity index is 730. The lowest BCUT2D eigenvalue weighted by Crippen LogP contribution is -2.25. The Hall–Kier alpha value is -1.36. The summed E-state index contributed by atoms with van der Waals surface area (Å²) in [6.07, 6.45) is 5.06. The average molecular weight is 349 g/mol. The lowest BCUT2D eigenvalue weighted by atomic mass is 9.86. The van der Waals surface area contributed by atoms with Gasteiger partial charge in [-0.1, -0.05) is 39.3 Å². The first-order chi connectivity index (χ1) is 11.2. The number of nitrogens with one attached hydrogen (secondary N) is 1. The molecular weight excluding hydrogens is 320 g/mol. The van der Waals surface area contributed by atoms with Gasteiger partial charge in [0, 0.05) is 11.6 Å². The maximum Gasteiger partial charge on any atom is 0.276 e. The fourth-order valence-corrected chi connectivity index (χ4v) is 5.02. The molecular formula is C19H28N2O2S. The van der Waals surface area contributed by atoms with Crippen molar-refractivity contribution in [2.45, 2.75) is 63.7 Å². The van der Waals surface area contributed by atoms with E-state index < -0.39 is 10.0 Å². The van der Waals surface area contributed by atoms with Gasteiger partial charge in [-0.15, -0.1) is 0 Å². The van der Waals surface area contributed by atoms with Crippen LogP contribution < -0.4 is 4.83 Å². The van der Waals surface area contributed by atoms with Crippen molar-refractivity contribution in [1.29, 1.82) is 0 Å². The SMILES string of the molecule is CC(=NNS(=O)(=O)c1ccc(C(C)(C)C)cc1)C1CC2CCC1C2. The predicted molar refractivity (Wildman–Crippen MR) is 97.5 cm³/mol. The van der Waals surface area contributed by atoms with Gasteiger partial charge in [0.1, 0.15) is 0 Å². The Morgan fingerprint density at radius 1 is 1.12 bits per heavy atom. The third kappa shape index (κ3) is 3.51. The van der Waals surface area contributed by atoms with Gasteiger partial charge in [-0.05, 0) is 61.1 Å². The van der Waals surface area contributed by atoms with Crippen molar-refractivity contribution in [2.75, 3.05) is 0 Å². The fraction of sp³-hybridized carbons (Fsp3) is 0.632. The molecule has 1 aromatic rings. The molecule has 3 atom stereocenters. The molecule has 0 spiro atoms. The second kappa shape index (κ2) is 6.17. The zero-order valence-electron chi connectivity index (χ0n) is 15.0. The highest BCUT2D eigenvalue weighted by Crippen LogP contribution is 2.48. The van der Waals surface area contributed by atoms with Gasteiger partial charge in [-0.25, -0.2) is 4.83 Å². The number of hydrazone groups is 1. The Labute approximate surface area is 145 Å². The second-order valence-electron chi connectivity index (χ2n) is 8.40. The molecule has 2 saturated carbocycles. The summed E-state index contributed by atoms with van der Waals surface area (Å²) >= 11 is 0. The first-order valence-electron chi connectivity index (χ1n) is 8.83. The molecule has 1 aromatic carbocycles. The minimum atomic E-state index is -3.60. The van der Waals surface area contributed by atoms with Crippen molar-refractivity contribution in [2.24, 2.45) is 22.9 Å². The van der Waals surface area contributed by atoms with Crippen molar-refractivity contribution in [3.8, 4) is 0 Å². The number of benzene rings is 1. The minimum Gasteiger partial charge on any atom is -0.200 e. The summed E-state index contributed by atoms with van der Waals surface area (Å²) in [6, 6.07) is 7.07. The van der Waals surface area contributed by atoms with Crippen molar-refractivity contribution in [1.82, 2.24) is 4.83 Å². The minimum absolute atomic E-state index is 0.00620. The molecule has 5 heteroatoms. The van der Waals surface area contributed by atoms with Crippen molar-refractivity contribution in [3.05, 3.63) is 29.8 Å². The van der Waals surface area contributed by atoms with Crippen LogP contribution in [-0.4, -0.2) is 14.1 Å². The number of nitrogens with zero attached hydrogens (tertiary/aromatic N) is 1. The van der Waals surface area contributed by atoms with E-state index in [1.165, 1.54) is 25.7 Å². The van der Waals surface area contributed by atoms with Crippen LogP contribution in [0.3, 0.4) is 0 Å². The lowest BCUT2D eigenvalue weighted by Gasteiger charge is -2.21. The summed E-state index contributed by atoms with van der Waals surface area (Å²) in [6.45, 7) is 8.28. The predicted octanol–water partition coefficient (Wildman–Crippen LogP) is 4.07. The van der Waals surface area contributed by atoms with E-state index in [1.807, 2.05) is 19.1 Å². The summed E-state index contributed by atoms with van der Waals surface area (Å²) < 4.78 is 24.9. The van der Waals surface area contributed by atoms with Gasteiger partial charge in [-0.2, -0.15) is 13.5 Å². The molecule has 24 heavy (non-hydrogen) atoms. The largest absolute Gasteiger partial charge is 0.276 e. The highest BCUT2D eigenvalue weighted by molar-refractivity contribution is 7.89. The Balaban J connectivity index is 1.70. The van der Waals surface area contributed by atoms with E-state index in [0.29, 0.717) is 11.8 Å². The van der Waals surface area contributed by atoms with Crippen LogP contribution in [0, 0.1) is 17.8 Å². The van der Waals surface area contributed by atoms with E-state index in [0.717, 1.165) is 17.2 Å². The molecule has 3 unspecified atom stereocenters. The lowest BCUT2D eigenvalue weighted by molar-refractivity contribution is 0.413. The standard InChI is InChI=1S/C19H28N2O2S/c1-13(18-12-14-5-6-15(18)11-14)20-21-24(22,23)17-9-7-16(8-10-17)19(2,3)4/h7-10,14-15,18,21H,5-6,11-12H2,1-4H3. The third-order valence-corrected chi connectivity index (χ3v) is 6.87. The first kappa shape index (κ1) is 17.5. The number of sulfonamides is 1. The molecule has 132 valence electrons. The smallest absolute Gasteiger partial charge is 0.200 e. The van der Waals surface area contributed by atoms with Gasteiger partial charge in [0.2, 0.25) is 0 Å². The van der Waals surface area contributed by atoms with Crippen LogP contribution in [0.15, 0.2) is 34.3 Å². The van der Waals surface area contributed by atoms with E-state index in [4.69, 9.17) is 0 Å². The third-order valence-electron chi connectivity index (χ3n) is 5.65. The van der Waals surface area contributed by atoms with Crippen LogP contribution >= 0.6 is 0 Å². The molecule has 2 bridgehead atoms. The average Bonchev–Trinajstić information content (AvgIpc) is 3.15. The van der Waals surface area contributed by atoms with E-state index in [9.17, 15) is 8.42 Å². The van der Waals surface area contributed by atoms with Gasteiger partial charge < -0.3 is 0 Å². The van der Waals surface area contributed by atoms with Crippen molar-refractivity contribution >= 4 is 15.7 Å². The Kier molecular flexibility index (Phi) is 4.49. The van der Waals surface area contributed by atoms with Crippen LogP contribution in [0.2, 0.25) is 0 Å². The van der Waals surface area contributed by atoms with Crippen LogP contribution in [0.25, 0.3) is 0 Å². The maximum atomic E-state index is 12.5. The quantitative estimate of drug-likeness (QED) is 0.658. The highest BCUT2D eigenvalue weighted by Gasteiger charge is 2.40. The normalized spacial score (nSPS) is 27.5. The second-order valence-corrected chi connectivity index (χ2v) is 10.1. The Morgan fingerprint density at radius 2 is 1.79 bits per heavy atom. The molecule has 0 aromatic heterocycles. The summed E-state index contributed by atoms with van der Waals surface area (Å²) in [7, 11) is -3.60.